The Morgan fingerprint density at radius 1 is 1.12 bits per heavy atom. The molecule has 2 unspecified atom stereocenters. The highest BCUT2D eigenvalue weighted by Crippen LogP contribution is 2.34. The molecule has 2 saturated heterocycles. The molecule has 0 aliphatic carbocycles. The van der Waals surface area contributed by atoms with E-state index in [2.05, 4.69) is 5.32 Å². The highest BCUT2D eigenvalue weighted by molar-refractivity contribution is 6.05. The van der Waals surface area contributed by atoms with Crippen LogP contribution < -0.4 is 10.1 Å². The van der Waals surface area contributed by atoms with Crippen molar-refractivity contribution in [2.24, 2.45) is 0 Å². The van der Waals surface area contributed by atoms with Crippen molar-refractivity contribution in [3.05, 3.63) is 64.7 Å². The standard InChI is InChI=1S/C25H27N3O5/c29-23-9-8-21(24(30)26-23)28-15-20-19(25(28)31)2-1-3-22(20)33-16-18-6-4-17(5-7-18)14-27-10-12-32-13-11-27/h1-7,21H,8-16H2,(H,26,29,30)/i4D,7D,14D. The lowest BCUT2D eigenvalue weighted by atomic mass is 10.0. The molecule has 2 aromatic carbocycles. The molecule has 8 nitrogen and oxygen atoms in total. The number of hydrogen-bond donors (Lipinski definition) is 1. The van der Waals surface area contributed by atoms with Crippen LogP contribution in [0.15, 0.2) is 42.4 Å². The van der Waals surface area contributed by atoms with E-state index in [1.165, 1.54) is 4.90 Å². The van der Waals surface area contributed by atoms with Crippen molar-refractivity contribution >= 4 is 17.7 Å². The van der Waals surface area contributed by atoms with Gasteiger partial charge in [0.2, 0.25) is 11.8 Å². The lowest BCUT2D eigenvalue weighted by Gasteiger charge is -2.29. The molecule has 0 spiro atoms. The fourth-order valence-electron chi connectivity index (χ4n) is 4.33. The number of imide groups is 1. The first-order valence-electron chi connectivity index (χ1n) is 12.6. The van der Waals surface area contributed by atoms with Gasteiger partial charge in [-0.1, -0.05) is 30.3 Å². The quantitative estimate of drug-likeness (QED) is 0.674. The second-order valence-electron chi connectivity index (χ2n) is 8.31. The summed E-state index contributed by atoms with van der Waals surface area (Å²) in [5.74, 6) is -0.621. The Morgan fingerprint density at radius 2 is 1.91 bits per heavy atom. The van der Waals surface area contributed by atoms with Crippen molar-refractivity contribution in [2.75, 3.05) is 26.3 Å². The Kier molecular flexibility index (Phi) is 5.15. The van der Waals surface area contributed by atoms with Crippen molar-refractivity contribution in [3.8, 4) is 5.75 Å². The smallest absolute Gasteiger partial charge is 0.255 e. The van der Waals surface area contributed by atoms with Crippen molar-refractivity contribution in [3.63, 3.8) is 0 Å². The maximum atomic E-state index is 13.0. The number of piperidine rings is 1. The van der Waals surface area contributed by atoms with Gasteiger partial charge in [-0.3, -0.25) is 24.6 Å². The fourth-order valence-corrected chi connectivity index (χ4v) is 4.33. The molecule has 8 heteroatoms. The number of nitrogens with zero attached hydrogens (tertiary/aromatic N) is 2. The minimum absolute atomic E-state index is 0.0221. The summed E-state index contributed by atoms with van der Waals surface area (Å²) in [7, 11) is 0. The number of benzene rings is 2. The number of fused-ring (bicyclic) bond motifs is 1. The predicted molar refractivity (Wildman–Crippen MR) is 119 cm³/mol. The van der Waals surface area contributed by atoms with Crippen LogP contribution in [0.5, 0.6) is 5.75 Å². The third-order valence-corrected chi connectivity index (χ3v) is 6.12. The van der Waals surface area contributed by atoms with Gasteiger partial charge in [-0.25, -0.2) is 0 Å². The molecule has 2 fully saturated rings. The SMILES string of the molecule is [2H]c1cc(C([2H])N2CCOCC2)c([2H])cc1COc1cccc2c1CN(C1CCC(=O)NC1=O)C2=O. The predicted octanol–water partition coefficient (Wildman–Crippen LogP) is 1.86. The number of ether oxygens (including phenoxy) is 2. The number of morpholine rings is 1. The van der Waals surface area contributed by atoms with Gasteiger partial charge >= 0.3 is 0 Å². The van der Waals surface area contributed by atoms with Gasteiger partial charge < -0.3 is 14.4 Å². The Bertz CT molecular complexity index is 1220. The molecule has 3 amide bonds. The van der Waals surface area contributed by atoms with E-state index >= 15 is 0 Å². The monoisotopic (exact) mass is 452 g/mol. The third kappa shape index (κ3) is 4.62. The number of carbonyl (C=O) groups excluding carboxylic acids is 3. The van der Waals surface area contributed by atoms with E-state index in [9.17, 15) is 14.4 Å². The van der Waals surface area contributed by atoms with Gasteiger partial charge in [-0.15, -0.1) is 0 Å². The topological polar surface area (TPSA) is 88.2 Å². The highest BCUT2D eigenvalue weighted by atomic mass is 16.5. The summed E-state index contributed by atoms with van der Waals surface area (Å²) < 4.78 is 36.8. The Balaban J connectivity index is 1.31. The van der Waals surface area contributed by atoms with Gasteiger partial charge in [0, 0.05) is 38.5 Å². The van der Waals surface area contributed by atoms with Crippen LogP contribution in [0.4, 0.5) is 0 Å². The Morgan fingerprint density at radius 3 is 2.73 bits per heavy atom. The number of carbonyl (C=O) groups is 3. The first-order valence-corrected chi connectivity index (χ1v) is 11.1. The minimum atomic E-state index is -0.734. The number of nitrogens with one attached hydrogen (secondary N) is 1. The van der Waals surface area contributed by atoms with Gasteiger partial charge in [-0.2, -0.15) is 0 Å². The second kappa shape index (κ2) is 9.33. The van der Waals surface area contributed by atoms with Gasteiger partial charge in [0.05, 0.1) is 22.5 Å². The number of amides is 3. The van der Waals surface area contributed by atoms with E-state index in [-0.39, 0.29) is 49.9 Å². The van der Waals surface area contributed by atoms with E-state index in [0.717, 1.165) is 0 Å². The summed E-state index contributed by atoms with van der Waals surface area (Å²) in [4.78, 5) is 40.2. The van der Waals surface area contributed by atoms with E-state index in [0.29, 0.717) is 54.3 Å². The molecule has 33 heavy (non-hydrogen) atoms. The van der Waals surface area contributed by atoms with Crippen molar-refractivity contribution in [1.82, 2.24) is 15.1 Å². The zero-order valence-electron chi connectivity index (χ0n) is 21.1. The molecule has 0 bridgehead atoms. The van der Waals surface area contributed by atoms with Crippen molar-refractivity contribution in [1.29, 1.82) is 0 Å². The van der Waals surface area contributed by atoms with Crippen LogP contribution >= 0.6 is 0 Å². The fraction of sp³-hybridized carbons (Fsp3) is 0.400. The van der Waals surface area contributed by atoms with Gasteiger partial charge in [0.1, 0.15) is 18.4 Å². The molecule has 0 saturated carbocycles. The first kappa shape index (κ1) is 18.2. The molecular weight excluding hydrogens is 422 g/mol. The molecule has 5 rings (SSSR count). The lowest BCUT2D eigenvalue weighted by Crippen LogP contribution is -2.52. The van der Waals surface area contributed by atoms with Crippen LogP contribution in [0.3, 0.4) is 0 Å². The summed E-state index contributed by atoms with van der Waals surface area (Å²) in [6.45, 7) is 1.79. The molecule has 1 N–H and O–H groups in total. The molecule has 3 aliphatic rings. The van der Waals surface area contributed by atoms with Gasteiger partial charge in [-0.05, 0) is 29.7 Å². The maximum Gasteiger partial charge on any atom is 0.255 e. The molecular formula is C25H27N3O5. The molecule has 172 valence electrons. The summed E-state index contributed by atoms with van der Waals surface area (Å²) in [5, 5.41) is 2.30. The highest BCUT2D eigenvalue weighted by Gasteiger charge is 2.40. The zero-order valence-corrected chi connectivity index (χ0v) is 18.1. The minimum Gasteiger partial charge on any atom is -0.489 e. The van der Waals surface area contributed by atoms with E-state index in [1.807, 2.05) is 4.90 Å². The van der Waals surface area contributed by atoms with Crippen LogP contribution in [-0.2, 0) is 34.0 Å². The van der Waals surface area contributed by atoms with Crippen LogP contribution in [0, 0.1) is 0 Å². The Labute approximate surface area is 196 Å². The second-order valence-corrected chi connectivity index (χ2v) is 8.31. The van der Waals surface area contributed by atoms with Crippen LogP contribution in [0.25, 0.3) is 0 Å². The summed E-state index contributed by atoms with van der Waals surface area (Å²) in [6, 6.07) is 7.88. The average Bonchev–Trinajstić information content (AvgIpc) is 3.21. The van der Waals surface area contributed by atoms with Crippen molar-refractivity contribution < 1.29 is 28.0 Å². The largest absolute Gasteiger partial charge is 0.489 e. The average molecular weight is 453 g/mol. The van der Waals surface area contributed by atoms with Crippen molar-refractivity contribution in [2.45, 2.75) is 38.6 Å². The maximum absolute atomic E-state index is 13.0. The lowest BCUT2D eigenvalue weighted by molar-refractivity contribution is -0.136. The van der Waals surface area contributed by atoms with Crippen LogP contribution in [0.1, 0.15) is 44.0 Å². The Hall–Kier alpha value is -3.23. The van der Waals surface area contributed by atoms with Crippen LogP contribution in [0.2, 0.25) is 0 Å². The molecule has 0 aromatic heterocycles. The zero-order chi connectivity index (χ0) is 25.4. The molecule has 0 radical (unpaired) electrons. The molecule has 2 atom stereocenters. The molecule has 3 aliphatic heterocycles. The number of hydrogen-bond acceptors (Lipinski definition) is 6. The van der Waals surface area contributed by atoms with Gasteiger partial charge in [0.15, 0.2) is 0 Å². The van der Waals surface area contributed by atoms with E-state index in [1.54, 1.807) is 30.3 Å². The number of rotatable bonds is 6. The summed E-state index contributed by atoms with van der Waals surface area (Å²) in [6.07, 6.45) is 0.463. The summed E-state index contributed by atoms with van der Waals surface area (Å²) >= 11 is 0. The van der Waals surface area contributed by atoms with Crippen LogP contribution in [-0.4, -0.2) is 59.9 Å². The summed E-state index contributed by atoms with van der Waals surface area (Å²) in [5.41, 5.74) is 2.07. The normalized spacial score (nSPS) is 23.4. The van der Waals surface area contributed by atoms with Gasteiger partial charge in [0.25, 0.3) is 5.91 Å². The molecule has 2 aromatic rings. The molecule has 3 heterocycles. The van der Waals surface area contributed by atoms with E-state index < -0.39 is 18.5 Å². The van der Waals surface area contributed by atoms with E-state index in [4.69, 9.17) is 13.6 Å². The first-order chi connectivity index (χ1) is 17.3. The third-order valence-electron chi connectivity index (χ3n) is 6.12.